The van der Waals surface area contributed by atoms with Crippen molar-refractivity contribution in [3.05, 3.63) is 82.7 Å². The van der Waals surface area contributed by atoms with Crippen LogP contribution in [0.3, 0.4) is 0 Å². The molecule has 1 heterocycles. The van der Waals surface area contributed by atoms with Crippen molar-refractivity contribution >= 4 is 5.97 Å². The van der Waals surface area contributed by atoms with Gasteiger partial charge in [0.2, 0.25) is 0 Å². The van der Waals surface area contributed by atoms with Crippen LogP contribution in [0.15, 0.2) is 54.6 Å². The number of hydrogen-bond donors (Lipinski definition) is 1. The largest absolute Gasteiger partial charge is 0.456 e. The Balaban J connectivity index is 1.59. The third-order valence-electron chi connectivity index (χ3n) is 4.40. The van der Waals surface area contributed by atoms with Gasteiger partial charge in [-0.15, -0.1) is 0 Å². The number of hydrogen-bond acceptors (Lipinski definition) is 2. The maximum absolute atomic E-state index is 12.4. The first-order valence-electron chi connectivity index (χ1n) is 7.75. The summed E-state index contributed by atoms with van der Waals surface area (Å²) in [6, 6.07) is 18.1. The molecule has 0 bridgehead atoms. The molecule has 4 rings (SSSR count). The molecule has 0 saturated carbocycles. The van der Waals surface area contributed by atoms with E-state index in [9.17, 15) is 4.79 Å². The second kappa shape index (κ2) is 5.43. The Hall–Kier alpha value is -2.81. The molecule has 0 fully saturated rings. The van der Waals surface area contributed by atoms with E-state index >= 15 is 0 Å². The van der Waals surface area contributed by atoms with Crippen LogP contribution in [0.5, 0.6) is 0 Å². The van der Waals surface area contributed by atoms with E-state index < -0.39 is 0 Å². The highest BCUT2D eigenvalue weighted by molar-refractivity contribution is 5.94. The third kappa shape index (κ3) is 2.34. The maximum Gasteiger partial charge on any atom is 0.355 e. The van der Waals surface area contributed by atoms with Gasteiger partial charge in [-0.3, -0.25) is 0 Å². The van der Waals surface area contributed by atoms with E-state index in [1.807, 2.05) is 43.3 Å². The molecule has 0 unspecified atom stereocenters. The molecule has 2 aromatic carbocycles. The van der Waals surface area contributed by atoms with Gasteiger partial charge < -0.3 is 9.72 Å². The first-order chi connectivity index (χ1) is 11.2. The Morgan fingerprint density at radius 2 is 1.83 bits per heavy atom. The molecule has 1 aliphatic carbocycles. The van der Waals surface area contributed by atoms with E-state index in [1.165, 1.54) is 11.1 Å². The molecule has 0 amide bonds. The van der Waals surface area contributed by atoms with Crippen molar-refractivity contribution in [3.63, 3.8) is 0 Å². The molecule has 1 aromatic heterocycles. The summed E-state index contributed by atoms with van der Waals surface area (Å²) in [5.74, 6) is -0.293. The number of fused-ring (bicyclic) bond motifs is 3. The Morgan fingerprint density at radius 3 is 2.65 bits per heavy atom. The summed E-state index contributed by atoms with van der Waals surface area (Å²) >= 11 is 0. The molecule has 23 heavy (non-hydrogen) atoms. The van der Waals surface area contributed by atoms with Crippen molar-refractivity contribution in [3.8, 4) is 11.1 Å². The van der Waals surface area contributed by atoms with E-state index in [4.69, 9.17) is 4.74 Å². The zero-order valence-corrected chi connectivity index (χ0v) is 12.9. The van der Waals surface area contributed by atoms with Crippen LogP contribution in [0.1, 0.15) is 32.9 Å². The van der Waals surface area contributed by atoms with E-state index in [1.54, 1.807) is 0 Å². The van der Waals surface area contributed by atoms with Gasteiger partial charge in [-0.05, 0) is 29.2 Å². The second-order valence-electron chi connectivity index (χ2n) is 5.87. The fourth-order valence-electron chi connectivity index (χ4n) is 3.26. The smallest absolute Gasteiger partial charge is 0.355 e. The summed E-state index contributed by atoms with van der Waals surface area (Å²) in [7, 11) is 0. The van der Waals surface area contributed by atoms with Crippen LogP contribution in [-0.4, -0.2) is 11.0 Å². The van der Waals surface area contributed by atoms with Crippen LogP contribution in [0.25, 0.3) is 11.1 Å². The van der Waals surface area contributed by atoms with E-state index in [0.717, 1.165) is 28.8 Å². The highest BCUT2D eigenvalue weighted by atomic mass is 16.5. The normalized spacial score (nSPS) is 11.9. The first-order valence-corrected chi connectivity index (χ1v) is 7.75. The van der Waals surface area contributed by atoms with Crippen LogP contribution in [0, 0.1) is 6.92 Å². The highest BCUT2D eigenvalue weighted by Crippen LogP contribution is 2.39. The molecule has 3 aromatic rings. The number of carbonyl (C=O) groups is 1. The van der Waals surface area contributed by atoms with E-state index in [0.29, 0.717) is 12.3 Å². The lowest BCUT2D eigenvalue weighted by molar-refractivity contribution is 0.0465. The lowest BCUT2D eigenvalue weighted by atomic mass is 10.0. The SMILES string of the molecule is Cc1c(C(=O)OCc2ccccc2)[nH]c2c1-c1ccccc1C2. The van der Waals surface area contributed by atoms with Gasteiger partial charge in [-0.25, -0.2) is 4.79 Å². The standard InChI is InChI=1S/C20H17NO2/c1-13-18-16-10-6-5-9-15(16)11-17(18)21-19(13)20(22)23-12-14-7-3-2-4-8-14/h2-10,21H,11-12H2,1H3. The number of nitrogens with one attached hydrogen (secondary N) is 1. The minimum absolute atomic E-state index is 0.291. The molecule has 1 N–H and O–H groups in total. The number of aromatic nitrogens is 1. The predicted octanol–water partition coefficient (Wildman–Crippen LogP) is 4.25. The molecule has 0 spiro atoms. The second-order valence-corrected chi connectivity index (χ2v) is 5.87. The zero-order chi connectivity index (χ0) is 15.8. The quantitative estimate of drug-likeness (QED) is 0.575. The summed E-state index contributed by atoms with van der Waals surface area (Å²) in [5.41, 5.74) is 7.33. The van der Waals surface area contributed by atoms with E-state index in [-0.39, 0.29) is 5.97 Å². The Kier molecular flexibility index (Phi) is 3.27. The highest BCUT2D eigenvalue weighted by Gasteiger charge is 2.27. The van der Waals surface area contributed by atoms with Gasteiger partial charge in [-0.1, -0.05) is 54.6 Å². The number of ether oxygens (including phenoxy) is 1. The monoisotopic (exact) mass is 303 g/mol. The molecule has 3 heteroatoms. The number of benzene rings is 2. The fraction of sp³-hybridized carbons (Fsp3) is 0.150. The van der Waals surface area contributed by atoms with Crippen LogP contribution in [0.4, 0.5) is 0 Å². The third-order valence-corrected chi connectivity index (χ3v) is 4.40. The van der Waals surface area contributed by atoms with Crippen LogP contribution in [0.2, 0.25) is 0 Å². The Labute approximate surface area is 134 Å². The molecular weight excluding hydrogens is 286 g/mol. The molecule has 1 aliphatic rings. The van der Waals surface area contributed by atoms with Gasteiger partial charge in [0.15, 0.2) is 0 Å². The lowest BCUT2D eigenvalue weighted by Gasteiger charge is -2.06. The molecule has 0 radical (unpaired) electrons. The van der Waals surface area contributed by atoms with Gasteiger partial charge >= 0.3 is 5.97 Å². The summed E-state index contributed by atoms with van der Waals surface area (Å²) in [6.45, 7) is 2.27. The summed E-state index contributed by atoms with van der Waals surface area (Å²) in [4.78, 5) is 15.7. The van der Waals surface area contributed by atoms with Crippen molar-refractivity contribution in [2.24, 2.45) is 0 Å². The fourth-order valence-corrected chi connectivity index (χ4v) is 3.26. The molecule has 0 aliphatic heterocycles. The van der Waals surface area contributed by atoms with Crippen molar-refractivity contribution in [1.82, 2.24) is 4.98 Å². The topological polar surface area (TPSA) is 42.1 Å². The summed E-state index contributed by atoms with van der Waals surface area (Å²) in [6.07, 6.45) is 0.846. The molecule has 0 saturated heterocycles. The van der Waals surface area contributed by atoms with Crippen molar-refractivity contribution < 1.29 is 9.53 Å². The summed E-state index contributed by atoms with van der Waals surface area (Å²) in [5, 5.41) is 0. The van der Waals surface area contributed by atoms with Gasteiger partial charge in [0.25, 0.3) is 0 Å². The van der Waals surface area contributed by atoms with Gasteiger partial charge in [0.1, 0.15) is 12.3 Å². The molecule has 114 valence electrons. The van der Waals surface area contributed by atoms with Gasteiger partial charge in [-0.2, -0.15) is 0 Å². The number of aromatic amines is 1. The van der Waals surface area contributed by atoms with Crippen LogP contribution < -0.4 is 0 Å². The molecule has 3 nitrogen and oxygen atoms in total. The van der Waals surface area contributed by atoms with Gasteiger partial charge in [0.05, 0.1) is 0 Å². The summed E-state index contributed by atoms with van der Waals surface area (Å²) < 4.78 is 5.45. The van der Waals surface area contributed by atoms with Gasteiger partial charge in [0, 0.05) is 17.7 Å². The van der Waals surface area contributed by atoms with E-state index in [2.05, 4.69) is 23.2 Å². The Morgan fingerprint density at radius 1 is 1.09 bits per heavy atom. The molecule has 0 atom stereocenters. The van der Waals surface area contributed by atoms with Crippen molar-refractivity contribution in [2.75, 3.05) is 0 Å². The average Bonchev–Trinajstić information content (AvgIpc) is 3.10. The minimum Gasteiger partial charge on any atom is -0.456 e. The van der Waals surface area contributed by atoms with Crippen LogP contribution >= 0.6 is 0 Å². The lowest BCUT2D eigenvalue weighted by Crippen LogP contribution is -2.07. The minimum atomic E-state index is -0.293. The van der Waals surface area contributed by atoms with Crippen molar-refractivity contribution in [2.45, 2.75) is 20.0 Å². The number of H-pyrrole nitrogens is 1. The number of carbonyl (C=O) groups excluding carboxylic acids is 1. The first kappa shape index (κ1) is 13.8. The maximum atomic E-state index is 12.4. The van der Waals surface area contributed by atoms with Crippen LogP contribution in [-0.2, 0) is 17.8 Å². The number of esters is 1. The predicted molar refractivity (Wildman–Crippen MR) is 89.3 cm³/mol. The average molecular weight is 303 g/mol. The Bertz CT molecular complexity index is 878. The zero-order valence-electron chi connectivity index (χ0n) is 12.9. The van der Waals surface area contributed by atoms with Crippen molar-refractivity contribution in [1.29, 1.82) is 0 Å². The molecular formula is C20H17NO2. The number of rotatable bonds is 3.